The fourth-order valence-corrected chi connectivity index (χ4v) is 1.24. The van der Waals surface area contributed by atoms with Gasteiger partial charge in [-0.15, -0.1) is 0 Å². The normalized spacial score (nSPS) is 14.4. The van der Waals surface area contributed by atoms with E-state index in [-0.39, 0.29) is 23.4 Å². The fraction of sp³-hybridized carbons (Fsp3) is 0.909. The van der Waals surface area contributed by atoms with Crippen molar-refractivity contribution in [3.05, 3.63) is 0 Å². The molecule has 0 aromatic carbocycles. The van der Waals surface area contributed by atoms with E-state index in [2.05, 4.69) is 20.8 Å². The molecule has 0 aliphatic carbocycles. The summed E-state index contributed by atoms with van der Waals surface area (Å²) in [6.07, 6.45) is 0.931. The van der Waals surface area contributed by atoms with Gasteiger partial charge in [-0.25, -0.2) is 0 Å². The molecule has 0 bridgehead atoms. The molecule has 0 spiro atoms. The highest BCUT2D eigenvalue weighted by Gasteiger charge is 2.19. The number of carbonyl (C=O) groups is 1. The Labute approximate surface area is 81.7 Å². The predicted molar refractivity (Wildman–Crippen MR) is 54.5 cm³/mol. The third kappa shape index (κ3) is 6.62. The average molecular weight is 186 g/mol. The third-order valence-corrected chi connectivity index (χ3v) is 1.69. The molecule has 2 nitrogen and oxygen atoms in total. The zero-order valence-electron chi connectivity index (χ0n) is 9.68. The van der Waals surface area contributed by atoms with Gasteiger partial charge in [0.25, 0.3) is 0 Å². The topological polar surface area (TPSA) is 26.3 Å². The van der Waals surface area contributed by atoms with E-state index in [0.29, 0.717) is 0 Å². The van der Waals surface area contributed by atoms with Crippen molar-refractivity contribution in [2.45, 2.75) is 54.1 Å². The quantitative estimate of drug-likeness (QED) is 0.633. The van der Waals surface area contributed by atoms with Crippen LogP contribution in [-0.2, 0) is 9.53 Å². The molecule has 0 saturated heterocycles. The Morgan fingerprint density at radius 1 is 1.23 bits per heavy atom. The van der Waals surface area contributed by atoms with Crippen LogP contribution in [0.25, 0.3) is 0 Å². The number of rotatable bonds is 3. The van der Waals surface area contributed by atoms with Gasteiger partial charge in [-0.1, -0.05) is 34.6 Å². The summed E-state index contributed by atoms with van der Waals surface area (Å²) in [5.41, 5.74) is 0.219. The van der Waals surface area contributed by atoms with Crippen LogP contribution in [0.4, 0.5) is 0 Å². The van der Waals surface area contributed by atoms with Crippen molar-refractivity contribution in [2.75, 3.05) is 0 Å². The van der Waals surface area contributed by atoms with Crippen LogP contribution in [0.3, 0.4) is 0 Å². The van der Waals surface area contributed by atoms with Crippen molar-refractivity contribution in [1.29, 1.82) is 0 Å². The summed E-state index contributed by atoms with van der Waals surface area (Å²) in [4.78, 5) is 11.2. The molecule has 0 rings (SSSR count). The Morgan fingerprint density at radius 3 is 2.00 bits per heavy atom. The molecule has 0 aliphatic heterocycles. The lowest BCUT2D eigenvalue weighted by Gasteiger charge is -2.23. The second-order valence-corrected chi connectivity index (χ2v) is 5.17. The first-order chi connectivity index (χ1) is 5.72. The average Bonchev–Trinajstić information content (AvgIpc) is 1.81. The van der Waals surface area contributed by atoms with E-state index in [0.717, 1.165) is 6.42 Å². The number of carbonyl (C=O) groups excluding carboxylic acids is 1. The highest BCUT2D eigenvalue weighted by Crippen LogP contribution is 2.22. The van der Waals surface area contributed by atoms with Gasteiger partial charge in [0, 0.05) is 0 Å². The maximum Gasteiger partial charge on any atom is 0.308 e. The molecule has 0 N–H and O–H groups in total. The molecule has 0 radical (unpaired) electrons. The van der Waals surface area contributed by atoms with Crippen LogP contribution in [-0.4, -0.2) is 12.1 Å². The Kier molecular flexibility index (Phi) is 4.45. The number of ether oxygens (including phenoxy) is 1. The minimum Gasteiger partial charge on any atom is -0.462 e. The lowest BCUT2D eigenvalue weighted by atomic mass is 9.90. The zero-order chi connectivity index (χ0) is 10.6. The van der Waals surface area contributed by atoms with Gasteiger partial charge in [0.1, 0.15) is 0 Å². The van der Waals surface area contributed by atoms with Crippen LogP contribution in [0.15, 0.2) is 0 Å². The summed E-state index contributed by atoms with van der Waals surface area (Å²) >= 11 is 0. The van der Waals surface area contributed by atoms with Crippen LogP contribution in [0.5, 0.6) is 0 Å². The highest BCUT2D eigenvalue weighted by atomic mass is 16.5. The molecule has 0 fully saturated rings. The van der Waals surface area contributed by atoms with Gasteiger partial charge in [-0.2, -0.15) is 0 Å². The van der Waals surface area contributed by atoms with Crippen LogP contribution in [0, 0.1) is 11.3 Å². The van der Waals surface area contributed by atoms with Gasteiger partial charge in [0.2, 0.25) is 0 Å². The van der Waals surface area contributed by atoms with Gasteiger partial charge >= 0.3 is 5.97 Å². The lowest BCUT2D eigenvalue weighted by Crippen LogP contribution is -2.23. The molecule has 0 aliphatic rings. The van der Waals surface area contributed by atoms with Gasteiger partial charge in [-0.3, -0.25) is 4.79 Å². The highest BCUT2D eigenvalue weighted by molar-refractivity contribution is 5.71. The minimum absolute atomic E-state index is 0.0231. The molecular formula is C11H22O2. The van der Waals surface area contributed by atoms with Gasteiger partial charge in [0.15, 0.2) is 0 Å². The minimum atomic E-state index is -0.100. The summed E-state index contributed by atoms with van der Waals surface area (Å²) in [5, 5.41) is 0. The first-order valence-electron chi connectivity index (χ1n) is 4.93. The number of hydrogen-bond donors (Lipinski definition) is 0. The van der Waals surface area contributed by atoms with Crippen LogP contribution in [0.2, 0.25) is 0 Å². The Bertz CT molecular complexity index is 165. The van der Waals surface area contributed by atoms with Crippen molar-refractivity contribution < 1.29 is 9.53 Å². The second kappa shape index (κ2) is 4.64. The van der Waals surface area contributed by atoms with Gasteiger partial charge < -0.3 is 4.74 Å². The van der Waals surface area contributed by atoms with E-state index in [4.69, 9.17) is 4.74 Å². The first kappa shape index (κ1) is 12.5. The Morgan fingerprint density at radius 2 is 1.69 bits per heavy atom. The summed E-state index contributed by atoms with van der Waals surface area (Å²) in [7, 11) is 0. The lowest BCUT2D eigenvalue weighted by molar-refractivity contribution is -0.153. The van der Waals surface area contributed by atoms with E-state index in [1.54, 1.807) is 0 Å². The van der Waals surface area contributed by atoms with Crippen molar-refractivity contribution in [1.82, 2.24) is 0 Å². The van der Waals surface area contributed by atoms with Gasteiger partial charge in [0.05, 0.1) is 12.0 Å². The largest absolute Gasteiger partial charge is 0.462 e. The van der Waals surface area contributed by atoms with Crippen molar-refractivity contribution >= 4 is 5.97 Å². The van der Waals surface area contributed by atoms with E-state index in [1.165, 1.54) is 0 Å². The van der Waals surface area contributed by atoms with Crippen LogP contribution in [0.1, 0.15) is 48.0 Å². The summed E-state index contributed by atoms with van der Waals surface area (Å²) in [6, 6.07) is 0. The van der Waals surface area contributed by atoms with Crippen LogP contribution < -0.4 is 0 Å². The summed E-state index contributed by atoms with van der Waals surface area (Å²) in [5.74, 6) is -0.126. The standard InChI is InChI=1S/C11H22O2/c1-8(2)10(12)13-9(3)7-11(4,5)6/h8-9H,7H2,1-6H3. The molecule has 2 heteroatoms. The smallest absolute Gasteiger partial charge is 0.308 e. The first-order valence-corrected chi connectivity index (χ1v) is 4.93. The predicted octanol–water partition coefficient (Wildman–Crippen LogP) is 3.01. The second-order valence-electron chi connectivity index (χ2n) is 5.17. The molecule has 0 amide bonds. The van der Waals surface area contributed by atoms with E-state index in [9.17, 15) is 4.79 Å². The summed E-state index contributed by atoms with van der Waals surface area (Å²) < 4.78 is 5.25. The maximum absolute atomic E-state index is 11.2. The number of esters is 1. The molecule has 0 aromatic heterocycles. The van der Waals surface area contributed by atoms with E-state index in [1.807, 2.05) is 20.8 Å². The Hall–Kier alpha value is -0.530. The SMILES string of the molecule is CC(CC(C)(C)C)OC(=O)C(C)C. The van der Waals surface area contributed by atoms with Crippen LogP contribution >= 0.6 is 0 Å². The maximum atomic E-state index is 11.2. The monoisotopic (exact) mass is 186 g/mol. The molecule has 0 aromatic rings. The molecule has 1 atom stereocenters. The van der Waals surface area contributed by atoms with Crippen molar-refractivity contribution in [2.24, 2.45) is 11.3 Å². The van der Waals surface area contributed by atoms with Crippen molar-refractivity contribution in [3.8, 4) is 0 Å². The molecule has 13 heavy (non-hydrogen) atoms. The summed E-state index contributed by atoms with van der Waals surface area (Å²) in [6.45, 7) is 12.1. The third-order valence-electron chi connectivity index (χ3n) is 1.69. The fourth-order valence-electron chi connectivity index (χ4n) is 1.24. The molecule has 1 unspecified atom stereocenters. The Balaban J connectivity index is 3.88. The number of hydrogen-bond acceptors (Lipinski definition) is 2. The zero-order valence-corrected chi connectivity index (χ0v) is 9.68. The van der Waals surface area contributed by atoms with E-state index < -0.39 is 0 Å². The van der Waals surface area contributed by atoms with Crippen molar-refractivity contribution in [3.63, 3.8) is 0 Å². The molecule has 78 valence electrons. The van der Waals surface area contributed by atoms with Gasteiger partial charge in [-0.05, 0) is 18.8 Å². The van der Waals surface area contributed by atoms with E-state index >= 15 is 0 Å². The molecular weight excluding hydrogens is 164 g/mol. The molecule has 0 saturated carbocycles. The molecule has 0 heterocycles.